The van der Waals surface area contributed by atoms with Gasteiger partial charge in [-0.05, 0) is 54.3 Å². The summed E-state index contributed by atoms with van der Waals surface area (Å²) in [5.41, 5.74) is -0.183. The van der Waals surface area contributed by atoms with Crippen LogP contribution in [-0.4, -0.2) is 50.0 Å². The lowest BCUT2D eigenvalue weighted by molar-refractivity contribution is -0.140. The largest absolute Gasteiger partial charge is 0.416 e. The van der Waals surface area contributed by atoms with Gasteiger partial charge in [-0.15, -0.1) is 0 Å². The number of rotatable bonds is 11. The Labute approximate surface area is 274 Å². The first-order valence-corrected chi connectivity index (χ1v) is 17.5. The van der Waals surface area contributed by atoms with E-state index >= 15 is 0 Å². The maximum absolute atomic E-state index is 14.2. The number of nitrogens with one attached hydrogen (secondary N) is 1. The third-order valence-electron chi connectivity index (χ3n) is 7.69. The van der Waals surface area contributed by atoms with Gasteiger partial charge in [0.15, 0.2) is 0 Å². The summed E-state index contributed by atoms with van der Waals surface area (Å²) in [6, 6.07) is 17.4. The van der Waals surface area contributed by atoms with Crippen LogP contribution in [0.2, 0.25) is 5.02 Å². The van der Waals surface area contributed by atoms with Crippen molar-refractivity contribution in [3.05, 3.63) is 99.0 Å². The predicted octanol–water partition coefficient (Wildman–Crippen LogP) is 6.98. The lowest BCUT2D eigenvalue weighted by Crippen LogP contribution is -2.55. The number of halogens is 5. The molecule has 1 aliphatic carbocycles. The molecule has 1 fully saturated rings. The molecule has 45 heavy (non-hydrogen) atoms. The van der Waals surface area contributed by atoms with E-state index < -0.39 is 51.9 Å². The van der Waals surface area contributed by atoms with Crippen LogP contribution in [0.1, 0.15) is 48.8 Å². The summed E-state index contributed by atoms with van der Waals surface area (Å²) >= 11 is 9.64. The van der Waals surface area contributed by atoms with Crippen molar-refractivity contribution >= 4 is 55.1 Å². The average molecular weight is 729 g/mol. The van der Waals surface area contributed by atoms with Gasteiger partial charge in [-0.1, -0.05) is 89.3 Å². The predicted molar refractivity (Wildman–Crippen MR) is 172 cm³/mol. The molecule has 1 aliphatic rings. The van der Waals surface area contributed by atoms with Crippen molar-refractivity contribution in [1.82, 2.24) is 10.2 Å². The van der Waals surface area contributed by atoms with Crippen molar-refractivity contribution < 1.29 is 31.2 Å². The Balaban J connectivity index is 1.77. The van der Waals surface area contributed by atoms with Crippen LogP contribution in [0.25, 0.3) is 0 Å². The Hall–Kier alpha value is -3.09. The average Bonchev–Trinajstić information content (AvgIpc) is 2.98. The second-order valence-corrected chi connectivity index (χ2v) is 14.4. The molecule has 3 aromatic carbocycles. The summed E-state index contributed by atoms with van der Waals surface area (Å²) < 4.78 is 68.0. The van der Waals surface area contributed by atoms with Crippen molar-refractivity contribution in [2.45, 2.75) is 63.3 Å². The van der Waals surface area contributed by atoms with Crippen molar-refractivity contribution in [3.8, 4) is 0 Å². The maximum Gasteiger partial charge on any atom is 0.416 e. The van der Waals surface area contributed by atoms with Crippen molar-refractivity contribution in [2.75, 3.05) is 17.1 Å². The van der Waals surface area contributed by atoms with Gasteiger partial charge in [-0.2, -0.15) is 13.2 Å². The Bertz CT molecular complexity index is 1600. The van der Waals surface area contributed by atoms with Crippen LogP contribution < -0.4 is 9.62 Å². The second kappa shape index (κ2) is 15.0. The summed E-state index contributed by atoms with van der Waals surface area (Å²) in [7, 11) is -4.31. The number of anilines is 1. The van der Waals surface area contributed by atoms with Gasteiger partial charge in [-0.3, -0.25) is 13.9 Å². The molecular formula is C32H34BrClF3N3O4S. The van der Waals surface area contributed by atoms with E-state index in [0.717, 1.165) is 60.5 Å². The standard InChI is InChI=1S/C32H34BrClF3N3O4S/c1-45(43,44)40(28-19-24(32(35,36)37)15-16-27(28)34)21-30(41)39(20-23-11-8-12-25(33)17-23)29(18-22-9-4-2-5-10-22)31(42)38-26-13-6-3-7-14-26/h2,4-5,8-12,15-17,19,26,29H,3,6-7,13-14,18,20-21H2,1H3,(H,38,42). The number of sulfonamides is 1. The van der Waals surface area contributed by atoms with Crippen LogP contribution >= 0.6 is 27.5 Å². The van der Waals surface area contributed by atoms with Crippen molar-refractivity contribution in [3.63, 3.8) is 0 Å². The molecule has 1 saturated carbocycles. The van der Waals surface area contributed by atoms with Crippen LogP contribution in [0, 0.1) is 0 Å². The molecule has 3 aromatic rings. The zero-order valence-corrected chi connectivity index (χ0v) is 27.7. The third-order valence-corrected chi connectivity index (χ3v) is 9.63. The molecule has 1 N–H and O–H groups in total. The first kappa shape index (κ1) is 34.8. The number of hydrogen-bond donors (Lipinski definition) is 1. The monoisotopic (exact) mass is 727 g/mol. The molecule has 1 unspecified atom stereocenters. The summed E-state index contributed by atoms with van der Waals surface area (Å²) in [4.78, 5) is 29.5. The van der Waals surface area contributed by atoms with Gasteiger partial charge in [0.1, 0.15) is 12.6 Å². The number of alkyl halides is 3. The van der Waals surface area contributed by atoms with Crippen LogP contribution in [-0.2, 0) is 38.8 Å². The Morgan fingerprint density at radius 1 is 0.978 bits per heavy atom. The van der Waals surface area contributed by atoms with Gasteiger partial charge in [0.05, 0.1) is 22.5 Å². The first-order valence-electron chi connectivity index (χ1n) is 14.4. The zero-order chi connectivity index (χ0) is 32.8. The third kappa shape index (κ3) is 9.70. The lowest BCUT2D eigenvalue weighted by atomic mass is 9.94. The van der Waals surface area contributed by atoms with Crippen LogP contribution in [0.5, 0.6) is 0 Å². The number of nitrogens with zero attached hydrogens (tertiary/aromatic N) is 2. The fraction of sp³-hybridized carbons (Fsp3) is 0.375. The molecule has 13 heteroatoms. The van der Waals surface area contributed by atoms with Gasteiger partial charge in [-0.25, -0.2) is 8.42 Å². The molecule has 0 heterocycles. The normalized spacial score (nSPS) is 14.9. The molecule has 0 radical (unpaired) electrons. The van der Waals surface area contributed by atoms with Crippen molar-refractivity contribution in [2.24, 2.45) is 0 Å². The summed E-state index contributed by atoms with van der Waals surface area (Å²) in [6.07, 6.45) is 0.754. The number of carbonyl (C=O) groups is 2. The van der Waals surface area contributed by atoms with Crippen LogP contribution in [0.3, 0.4) is 0 Å². The second-order valence-electron chi connectivity index (χ2n) is 11.1. The molecule has 0 aliphatic heterocycles. The minimum Gasteiger partial charge on any atom is -0.352 e. The minimum absolute atomic E-state index is 0.0659. The molecule has 0 spiro atoms. The highest BCUT2D eigenvalue weighted by Crippen LogP contribution is 2.36. The molecule has 0 saturated heterocycles. The summed E-state index contributed by atoms with van der Waals surface area (Å²) in [5, 5.41) is 2.82. The number of hydrogen-bond acceptors (Lipinski definition) is 4. The quantitative estimate of drug-likeness (QED) is 0.231. The molecule has 2 amide bonds. The molecule has 0 bridgehead atoms. The van der Waals surface area contributed by atoms with Gasteiger partial charge >= 0.3 is 6.18 Å². The number of benzene rings is 3. The Morgan fingerprint density at radius 2 is 1.64 bits per heavy atom. The summed E-state index contributed by atoms with van der Waals surface area (Å²) in [6.45, 7) is -0.947. The van der Waals surface area contributed by atoms with Crippen LogP contribution in [0.15, 0.2) is 77.3 Å². The van der Waals surface area contributed by atoms with Gasteiger partial charge in [0.25, 0.3) is 0 Å². The highest BCUT2D eigenvalue weighted by Gasteiger charge is 2.36. The van der Waals surface area contributed by atoms with E-state index in [0.29, 0.717) is 15.9 Å². The Morgan fingerprint density at radius 3 is 2.27 bits per heavy atom. The highest BCUT2D eigenvalue weighted by molar-refractivity contribution is 9.10. The fourth-order valence-corrected chi connectivity index (χ4v) is 6.97. The molecule has 0 aromatic heterocycles. The molecule has 242 valence electrons. The lowest BCUT2D eigenvalue weighted by Gasteiger charge is -2.35. The van der Waals surface area contributed by atoms with E-state index in [1.54, 1.807) is 24.3 Å². The highest BCUT2D eigenvalue weighted by atomic mass is 79.9. The first-order chi connectivity index (χ1) is 21.2. The number of amides is 2. The smallest absolute Gasteiger partial charge is 0.352 e. The minimum atomic E-state index is -4.78. The summed E-state index contributed by atoms with van der Waals surface area (Å²) in [5.74, 6) is -1.18. The molecule has 4 rings (SSSR count). The topological polar surface area (TPSA) is 86.8 Å². The van der Waals surface area contributed by atoms with E-state index in [4.69, 9.17) is 11.6 Å². The maximum atomic E-state index is 14.2. The Kier molecular flexibility index (Phi) is 11.6. The SMILES string of the molecule is CS(=O)(=O)N(CC(=O)N(Cc1cccc(Br)c1)C(Cc1ccccc1)C(=O)NC1CCCCC1)c1cc(C(F)(F)F)ccc1Cl. The van der Waals surface area contributed by atoms with Crippen molar-refractivity contribution in [1.29, 1.82) is 0 Å². The molecule has 7 nitrogen and oxygen atoms in total. The van der Waals surface area contributed by atoms with Gasteiger partial charge in [0, 0.05) is 23.5 Å². The van der Waals surface area contributed by atoms with Gasteiger partial charge in [0.2, 0.25) is 21.8 Å². The van der Waals surface area contributed by atoms with E-state index in [2.05, 4.69) is 21.2 Å². The molecule has 1 atom stereocenters. The van der Waals surface area contributed by atoms with E-state index in [9.17, 15) is 31.2 Å². The van der Waals surface area contributed by atoms with Crippen LogP contribution in [0.4, 0.5) is 18.9 Å². The fourth-order valence-electron chi connectivity index (χ4n) is 5.41. The molecular weight excluding hydrogens is 695 g/mol. The van der Waals surface area contributed by atoms with Gasteiger partial charge < -0.3 is 10.2 Å². The van der Waals surface area contributed by atoms with E-state index in [1.807, 2.05) is 30.3 Å². The zero-order valence-electron chi connectivity index (χ0n) is 24.6. The van der Waals surface area contributed by atoms with E-state index in [1.165, 1.54) is 4.90 Å². The number of carbonyl (C=O) groups excluding carboxylic acids is 2. The van der Waals surface area contributed by atoms with E-state index in [-0.39, 0.29) is 24.0 Å².